The number of hydrogen-bond donors (Lipinski definition) is 0. The van der Waals surface area contributed by atoms with Crippen LogP contribution in [0.25, 0.3) is 11.0 Å². The van der Waals surface area contributed by atoms with Crippen molar-refractivity contribution < 1.29 is 18.5 Å². The maximum absolute atomic E-state index is 13.1. The third kappa shape index (κ3) is 7.52. The number of carbonyl (C=O) groups is 2. The van der Waals surface area contributed by atoms with Gasteiger partial charge in [0.25, 0.3) is 5.91 Å². The fourth-order valence-corrected chi connectivity index (χ4v) is 5.80. The van der Waals surface area contributed by atoms with Crippen molar-refractivity contribution in [2.24, 2.45) is 11.8 Å². The van der Waals surface area contributed by atoms with Crippen molar-refractivity contribution in [2.45, 2.75) is 91.4 Å². The lowest BCUT2D eigenvalue weighted by molar-refractivity contribution is -0.116. The Kier molecular flexibility index (Phi) is 11.5. The van der Waals surface area contributed by atoms with Gasteiger partial charge in [-0.05, 0) is 61.8 Å². The Morgan fingerprint density at radius 1 is 1.08 bits per heavy atom. The molecule has 1 saturated carbocycles. The van der Waals surface area contributed by atoms with Crippen LogP contribution >= 0.6 is 0 Å². The van der Waals surface area contributed by atoms with E-state index in [1.807, 2.05) is 25.1 Å². The minimum absolute atomic E-state index is 0.163. The third-order valence-electron chi connectivity index (χ3n) is 7.91. The summed E-state index contributed by atoms with van der Waals surface area (Å²) >= 11 is 0. The molecule has 2 atom stereocenters. The number of nitrogens with zero attached hydrogens (tertiary/aromatic N) is 2. The Morgan fingerprint density at radius 3 is 2.39 bits per heavy atom. The molecule has 6 heteroatoms. The SMILES string of the molecule is CCC1CCCCC1CN(C=O)C(=O)c1ccccc1C.CCCC(CCC)c1noc2cc(F)ccc12. The molecule has 1 aromatic heterocycles. The Morgan fingerprint density at radius 2 is 1.76 bits per heavy atom. The molecule has 2 unspecified atom stereocenters. The first-order valence-electron chi connectivity index (χ1n) is 14.3. The summed E-state index contributed by atoms with van der Waals surface area (Å²) < 4.78 is 18.3. The number of rotatable bonds is 10. The fraction of sp³-hybridized carbons (Fsp3) is 0.531. The van der Waals surface area contributed by atoms with Crippen molar-refractivity contribution in [2.75, 3.05) is 6.54 Å². The smallest absolute Gasteiger partial charge is 0.260 e. The third-order valence-corrected chi connectivity index (χ3v) is 7.91. The van der Waals surface area contributed by atoms with E-state index in [1.54, 1.807) is 12.1 Å². The van der Waals surface area contributed by atoms with Crippen molar-refractivity contribution >= 4 is 23.3 Å². The molecule has 0 N–H and O–H groups in total. The number of amides is 2. The predicted octanol–water partition coefficient (Wildman–Crippen LogP) is 8.46. The molecule has 0 saturated heterocycles. The molecule has 0 radical (unpaired) electrons. The summed E-state index contributed by atoms with van der Waals surface area (Å²) in [7, 11) is 0. The molecule has 206 valence electrons. The van der Waals surface area contributed by atoms with Crippen LogP contribution in [0.15, 0.2) is 47.0 Å². The molecule has 0 spiro atoms. The monoisotopic (exact) mass is 522 g/mol. The minimum Gasteiger partial charge on any atom is -0.356 e. The Bertz CT molecular complexity index is 1170. The van der Waals surface area contributed by atoms with Gasteiger partial charge < -0.3 is 4.52 Å². The van der Waals surface area contributed by atoms with Gasteiger partial charge in [0, 0.05) is 29.5 Å². The van der Waals surface area contributed by atoms with Gasteiger partial charge >= 0.3 is 0 Å². The van der Waals surface area contributed by atoms with Gasteiger partial charge in [0.1, 0.15) is 5.82 Å². The lowest BCUT2D eigenvalue weighted by Gasteiger charge is -2.33. The van der Waals surface area contributed by atoms with E-state index < -0.39 is 0 Å². The molecule has 1 fully saturated rings. The summed E-state index contributed by atoms with van der Waals surface area (Å²) in [5.41, 5.74) is 3.10. The molecule has 38 heavy (non-hydrogen) atoms. The average molecular weight is 523 g/mol. The highest BCUT2D eigenvalue weighted by Crippen LogP contribution is 2.33. The van der Waals surface area contributed by atoms with Crippen LogP contribution in [0.2, 0.25) is 0 Å². The average Bonchev–Trinajstić information content (AvgIpc) is 3.35. The number of benzene rings is 2. The van der Waals surface area contributed by atoms with E-state index >= 15 is 0 Å². The summed E-state index contributed by atoms with van der Waals surface area (Å²) in [5.74, 6) is 1.09. The lowest BCUT2D eigenvalue weighted by atomic mass is 9.77. The molecule has 0 aliphatic heterocycles. The zero-order valence-corrected chi connectivity index (χ0v) is 23.4. The van der Waals surface area contributed by atoms with E-state index in [2.05, 4.69) is 25.9 Å². The molecule has 1 aliphatic rings. The van der Waals surface area contributed by atoms with Gasteiger partial charge in [-0.15, -0.1) is 0 Å². The maximum Gasteiger partial charge on any atom is 0.260 e. The highest BCUT2D eigenvalue weighted by atomic mass is 19.1. The normalized spacial score (nSPS) is 17.2. The van der Waals surface area contributed by atoms with Crippen molar-refractivity contribution in [3.8, 4) is 0 Å². The van der Waals surface area contributed by atoms with Crippen molar-refractivity contribution in [3.63, 3.8) is 0 Å². The molecular formula is C32H43FN2O3. The zero-order valence-electron chi connectivity index (χ0n) is 23.4. The van der Waals surface area contributed by atoms with Gasteiger partial charge in [-0.1, -0.05) is 82.7 Å². The second-order valence-electron chi connectivity index (χ2n) is 10.6. The number of fused-ring (bicyclic) bond motifs is 1. The van der Waals surface area contributed by atoms with Crippen molar-refractivity contribution in [1.82, 2.24) is 10.1 Å². The first-order valence-corrected chi connectivity index (χ1v) is 14.3. The van der Waals surface area contributed by atoms with Gasteiger partial charge in [0.15, 0.2) is 5.58 Å². The minimum atomic E-state index is -0.275. The topological polar surface area (TPSA) is 63.4 Å². The lowest BCUT2D eigenvalue weighted by Crippen LogP contribution is -2.38. The maximum atomic E-state index is 13.1. The van der Waals surface area contributed by atoms with E-state index in [0.29, 0.717) is 41.9 Å². The van der Waals surface area contributed by atoms with Gasteiger partial charge in [-0.25, -0.2) is 4.39 Å². The molecule has 3 aromatic rings. The van der Waals surface area contributed by atoms with Crippen LogP contribution in [0, 0.1) is 24.6 Å². The van der Waals surface area contributed by atoms with E-state index in [9.17, 15) is 14.0 Å². The summed E-state index contributed by atoms with van der Waals surface area (Å²) in [6, 6.07) is 12.1. The van der Waals surface area contributed by atoms with Crippen LogP contribution < -0.4 is 0 Å². The number of halogens is 1. The van der Waals surface area contributed by atoms with Crippen molar-refractivity contribution in [3.05, 3.63) is 65.1 Å². The molecule has 2 aromatic carbocycles. The van der Waals surface area contributed by atoms with E-state index in [0.717, 1.165) is 55.2 Å². The summed E-state index contributed by atoms with van der Waals surface area (Å²) in [5, 5.41) is 5.09. The Labute approximate surface area is 226 Å². The first kappa shape index (κ1) is 29.5. The number of aromatic nitrogens is 1. The first-order chi connectivity index (χ1) is 18.4. The van der Waals surface area contributed by atoms with Crippen LogP contribution in [0.4, 0.5) is 4.39 Å². The molecule has 1 aliphatic carbocycles. The Hall–Kier alpha value is -3.02. The molecule has 2 amide bonds. The van der Waals surface area contributed by atoms with Gasteiger partial charge in [0.2, 0.25) is 6.41 Å². The van der Waals surface area contributed by atoms with Crippen LogP contribution in [0.1, 0.15) is 106 Å². The van der Waals surface area contributed by atoms with Gasteiger partial charge in [-0.3, -0.25) is 14.5 Å². The van der Waals surface area contributed by atoms with Crippen LogP contribution in [0.3, 0.4) is 0 Å². The number of aryl methyl sites for hydroxylation is 1. The molecular weight excluding hydrogens is 479 g/mol. The van der Waals surface area contributed by atoms with Crippen LogP contribution in [-0.4, -0.2) is 28.9 Å². The zero-order chi connectivity index (χ0) is 27.5. The quantitative estimate of drug-likeness (QED) is 0.251. The molecule has 4 rings (SSSR count). The number of imide groups is 1. The highest BCUT2D eigenvalue weighted by Gasteiger charge is 2.28. The molecule has 0 bridgehead atoms. The highest BCUT2D eigenvalue weighted by molar-refractivity contribution is 6.00. The van der Waals surface area contributed by atoms with E-state index in [1.165, 1.54) is 36.3 Å². The summed E-state index contributed by atoms with van der Waals surface area (Å²) in [6.45, 7) is 9.02. The predicted molar refractivity (Wildman–Crippen MR) is 151 cm³/mol. The van der Waals surface area contributed by atoms with Crippen LogP contribution in [-0.2, 0) is 4.79 Å². The summed E-state index contributed by atoms with van der Waals surface area (Å²) in [6.07, 6.45) is 11.1. The van der Waals surface area contributed by atoms with Gasteiger partial charge in [0.05, 0.1) is 5.69 Å². The Balaban J connectivity index is 0.000000215. The number of hydrogen-bond acceptors (Lipinski definition) is 4. The fourth-order valence-electron chi connectivity index (χ4n) is 5.80. The second kappa shape index (κ2) is 14.8. The standard InChI is InChI=1S/C18H25NO2.C14H18FNO/c1-3-15-9-5-6-10-16(15)12-19(13-20)18(21)17-11-7-4-8-14(17)2;1-3-5-10(6-4-2)14-12-8-7-11(15)9-13(12)17-16-14/h4,7-8,11,13,15-16H,3,5-6,9-10,12H2,1-2H3;7-10H,3-6H2,1-2H3. The van der Waals surface area contributed by atoms with E-state index in [-0.39, 0.29) is 11.7 Å². The van der Waals surface area contributed by atoms with E-state index in [4.69, 9.17) is 4.52 Å². The second-order valence-corrected chi connectivity index (χ2v) is 10.6. The number of carbonyl (C=O) groups excluding carboxylic acids is 2. The van der Waals surface area contributed by atoms with Gasteiger partial charge in [-0.2, -0.15) is 0 Å². The summed E-state index contributed by atoms with van der Waals surface area (Å²) in [4.78, 5) is 25.3. The molecule has 5 nitrogen and oxygen atoms in total. The largest absolute Gasteiger partial charge is 0.356 e. The van der Waals surface area contributed by atoms with Crippen LogP contribution in [0.5, 0.6) is 0 Å². The molecule has 1 heterocycles. The van der Waals surface area contributed by atoms with Crippen molar-refractivity contribution in [1.29, 1.82) is 0 Å².